The maximum atomic E-state index is 12.3. The largest absolute Gasteiger partial charge is 0.308 e. The topological polar surface area (TPSA) is 23.6 Å². The zero-order chi connectivity index (χ0) is 15.1. The third-order valence-electron chi connectivity index (χ3n) is 3.02. The van der Waals surface area contributed by atoms with E-state index in [0.29, 0.717) is 17.5 Å². The molecule has 1 rings (SSSR count). The maximum Gasteiger partial charge on any atom is 0.176 e. The van der Waals surface area contributed by atoms with Crippen LogP contribution in [-0.4, -0.2) is 55.9 Å². The molecule has 3 nitrogen and oxygen atoms in total. The Morgan fingerprint density at radius 1 is 1.15 bits per heavy atom. The van der Waals surface area contributed by atoms with Crippen LogP contribution >= 0.6 is 11.6 Å². The minimum absolute atomic E-state index is 0.154. The van der Waals surface area contributed by atoms with E-state index in [1.807, 2.05) is 0 Å². The third-order valence-corrected chi connectivity index (χ3v) is 3.27. The number of ketones is 1. The molecule has 0 radical (unpaired) electrons. The van der Waals surface area contributed by atoms with Crippen LogP contribution in [0.1, 0.15) is 24.2 Å². The molecular weight excluding hydrogens is 272 g/mol. The number of benzene rings is 1. The Kier molecular flexibility index (Phi) is 7.20. The summed E-state index contributed by atoms with van der Waals surface area (Å²) < 4.78 is 0. The minimum Gasteiger partial charge on any atom is -0.308 e. The zero-order valence-electron chi connectivity index (χ0n) is 12.9. The molecule has 20 heavy (non-hydrogen) atoms. The highest BCUT2D eigenvalue weighted by Gasteiger charge is 2.14. The molecule has 1 aromatic rings. The van der Waals surface area contributed by atoms with Crippen molar-refractivity contribution in [1.29, 1.82) is 0 Å². The molecule has 0 heterocycles. The van der Waals surface area contributed by atoms with E-state index >= 15 is 0 Å². The van der Waals surface area contributed by atoms with Gasteiger partial charge in [0.1, 0.15) is 0 Å². The first-order chi connectivity index (χ1) is 9.38. The van der Waals surface area contributed by atoms with Crippen LogP contribution in [0.4, 0.5) is 0 Å². The molecule has 0 aliphatic rings. The summed E-state index contributed by atoms with van der Waals surface area (Å²) in [5.41, 5.74) is 0.730. The lowest BCUT2D eigenvalue weighted by Gasteiger charge is -2.25. The molecule has 0 aliphatic carbocycles. The van der Waals surface area contributed by atoms with E-state index in [0.717, 1.165) is 25.2 Å². The van der Waals surface area contributed by atoms with E-state index in [1.54, 1.807) is 24.3 Å². The predicted molar refractivity (Wildman–Crippen MR) is 85.6 cm³/mol. The quantitative estimate of drug-likeness (QED) is 0.689. The lowest BCUT2D eigenvalue weighted by molar-refractivity contribution is 0.0916. The van der Waals surface area contributed by atoms with Crippen molar-refractivity contribution in [2.45, 2.75) is 13.8 Å². The van der Waals surface area contributed by atoms with Gasteiger partial charge >= 0.3 is 0 Å². The fraction of sp³-hybridized carbons (Fsp3) is 0.562. The highest BCUT2D eigenvalue weighted by molar-refractivity contribution is 6.30. The molecule has 0 amide bonds. The van der Waals surface area contributed by atoms with Crippen molar-refractivity contribution < 1.29 is 4.79 Å². The molecule has 0 spiro atoms. The van der Waals surface area contributed by atoms with Crippen LogP contribution < -0.4 is 0 Å². The van der Waals surface area contributed by atoms with E-state index < -0.39 is 0 Å². The standard InChI is InChI=1S/C16H25ClN2O/c1-13(2)11-19(10-9-18(3)4)12-16(20)14-5-7-15(17)8-6-14/h5-8,13H,9-12H2,1-4H3. The Morgan fingerprint density at radius 2 is 1.75 bits per heavy atom. The lowest BCUT2D eigenvalue weighted by atomic mass is 10.1. The van der Waals surface area contributed by atoms with Crippen molar-refractivity contribution in [3.63, 3.8) is 0 Å². The zero-order valence-corrected chi connectivity index (χ0v) is 13.7. The number of carbonyl (C=O) groups excluding carboxylic acids is 1. The van der Waals surface area contributed by atoms with Gasteiger partial charge in [0.25, 0.3) is 0 Å². The fourth-order valence-corrected chi connectivity index (χ4v) is 2.15. The number of halogens is 1. The first-order valence-corrected chi connectivity index (χ1v) is 7.42. The number of likely N-dealkylation sites (N-methyl/N-ethyl adjacent to an activating group) is 1. The number of hydrogen-bond donors (Lipinski definition) is 0. The van der Waals surface area contributed by atoms with Gasteiger partial charge in [-0.2, -0.15) is 0 Å². The molecular formula is C16H25ClN2O. The average Bonchev–Trinajstić information content (AvgIpc) is 2.36. The number of hydrogen-bond acceptors (Lipinski definition) is 3. The Hall–Kier alpha value is -0.900. The predicted octanol–water partition coefficient (Wildman–Crippen LogP) is 3.04. The van der Waals surface area contributed by atoms with Crippen molar-refractivity contribution in [2.75, 3.05) is 40.3 Å². The fourth-order valence-electron chi connectivity index (χ4n) is 2.02. The lowest BCUT2D eigenvalue weighted by Crippen LogP contribution is -2.37. The van der Waals surface area contributed by atoms with E-state index in [9.17, 15) is 4.79 Å². The summed E-state index contributed by atoms with van der Waals surface area (Å²) in [6, 6.07) is 7.12. The van der Waals surface area contributed by atoms with Gasteiger partial charge in [-0.05, 0) is 44.3 Å². The van der Waals surface area contributed by atoms with E-state index in [1.165, 1.54) is 0 Å². The summed E-state index contributed by atoms with van der Waals surface area (Å²) >= 11 is 5.85. The van der Waals surface area contributed by atoms with Crippen LogP contribution in [-0.2, 0) is 0 Å². The van der Waals surface area contributed by atoms with Crippen molar-refractivity contribution in [3.05, 3.63) is 34.9 Å². The molecule has 0 N–H and O–H groups in total. The summed E-state index contributed by atoms with van der Waals surface area (Å²) in [6.07, 6.45) is 0. The van der Waals surface area contributed by atoms with Crippen molar-refractivity contribution in [1.82, 2.24) is 9.80 Å². The van der Waals surface area contributed by atoms with Crippen LogP contribution in [0.25, 0.3) is 0 Å². The summed E-state index contributed by atoms with van der Waals surface area (Å²) in [4.78, 5) is 16.7. The van der Waals surface area contributed by atoms with Gasteiger partial charge in [-0.3, -0.25) is 9.69 Å². The summed E-state index contributed by atoms with van der Waals surface area (Å²) in [6.45, 7) is 7.62. The molecule has 0 saturated heterocycles. The van der Waals surface area contributed by atoms with Gasteiger partial charge in [-0.1, -0.05) is 25.4 Å². The number of rotatable bonds is 8. The van der Waals surface area contributed by atoms with E-state index in [2.05, 4.69) is 37.7 Å². The van der Waals surface area contributed by atoms with E-state index in [-0.39, 0.29) is 5.78 Å². The van der Waals surface area contributed by atoms with E-state index in [4.69, 9.17) is 11.6 Å². The molecule has 1 aromatic carbocycles. The van der Waals surface area contributed by atoms with Gasteiger partial charge < -0.3 is 4.90 Å². The summed E-state index contributed by atoms with van der Waals surface area (Å²) in [5.74, 6) is 0.705. The minimum atomic E-state index is 0.154. The molecule has 0 unspecified atom stereocenters. The molecule has 0 aliphatic heterocycles. The molecule has 0 fully saturated rings. The Morgan fingerprint density at radius 3 is 2.25 bits per heavy atom. The highest BCUT2D eigenvalue weighted by atomic mass is 35.5. The van der Waals surface area contributed by atoms with Crippen LogP contribution in [0.2, 0.25) is 5.02 Å². The van der Waals surface area contributed by atoms with Gasteiger partial charge in [-0.25, -0.2) is 0 Å². The van der Waals surface area contributed by atoms with Gasteiger partial charge in [-0.15, -0.1) is 0 Å². The average molecular weight is 297 g/mol. The van der Waals surface area contributed by atoms with Crippen molar-refractivity contribution >= 4 is 17.4 Å². The van der Waals surface area contributed by atoms with Crippen LogP contribution in [0.3, 0.4) is 0 Å². The van der Waals surface area contributed by atoms with Gasteiger partial charge in [0.05, 0.1) is 6.54 Å². The SMILES string of the molecule is CC(C)CN(CCN(C)C)CC(=O)c1ccc(Cl)cc1. The second kappa shape index (κ2) is 8.40. The highest BCUT2D eigenvalue weighted by Crippen LogP contribution is 2.11. The Labute approximate surface area is 127 Å². The van der Waals surface area contributed by atoms with Crippen LogP contribution in [0.5, 0.6) is 0 Å². The van der Waals surface area contributed by atoms with Crippen molar-refractivity contribution in [3.8, 4) is 0 Å². The molecule has 112 valence electrons. The van der Waals surface area contributed by atoms with Gasteiger partial charge in [0.2, 0.25) is 0 Å². The van der Waals surface area contributed by atoms with Gasteiger partial charge in [0, 0.05) is 30.2 Å². The molecule has 4 heteroatoms. The smallest absolute Gasteiger partial charge is 0.176 e. The number of carbonyl (C=O) groups is 1. The molecule has 0 saturated carbocycles. The van der Waals surface area contributed by atoms with Crippen LogP contribution in [0.15, 0.2) is 24.3 Å². The number of nitrogens with zero attached hydrogens (tertiary/aromatic N) is 2. The second-order valence-electron chi connectivity index (χ2n) is 5.86. The first kappa shape index (κ1) is 17.2. The third kappa shape index (κ3) is 6.51. The Balaban J connectivity index is 2.62. The monoisotopic (exact) mass is 296 g/mol. The van der Waals surface area contributed by atoms with Crippen molar-refractivity contribution in [2.24, 2.45) is 5.92 Å². The summed E-state index contributed by atoms with van der Waals surface area (Å²) in [5, 5.41) is 0.660. The Bertz CT molecular complexity index is 415. The number of Topliss-reactive ketones (excluding diaryl/α,β-unsaturated/α-hetero) is 1. The van der Waals surface area contributed by atoms with Gasteiger partial charge in [0.15, 0.2) is 5.78 Å². The maximum absolute atomic E-state index is 12.3. The molecule has 0 bridgehead atoms. The summed E-state index contributed by atoms with van der Waals surface area (Å²) in [7, 11) is 4.10. The van der Waals surface area contributed by atoms with Crippen LogP contribution in [0, 0.1) is 5.92 Å². The second-order valence-corrected chi connectivity index (χ2v) is 6.30. The molecule has 0 atom stereocenters. The normalized spacial score (nSPS) is 11.6. The molecule has 0 aromatic heterocycles. The first-order valence-electron chi connectivity index (χ1n) is 7.04.